The number of hydrogen-bond acceptors (Lipinski definition) is 3. The van der Waals surface area contributed by atoms with Gasteiger partial charge in [0.25, 0.3) is 0 Å². The number of carbonyl (C=O) groups excluding carboxylic acids is 1. The van der Waals surface area contributed by atoms with Crippen molar-refractivity contribution in [1.29, 1.82) is 0 Å². The Morgan fingerprint density at radius 3 is 2.75 bits per heavy atom. The summed E-state index contributed by atoms with van der Waals surface area (Å²) >= 11 is 0. The fourth-order valence-corrected chi connectivity index (χ4v) is 2.59. The van der Waals surface area contributed by atoms with E-state index in [0.29, 0.717) is 0 Å². The standard InChI is InChI=1S/C16H26N2O2/c1-5-12-6-7-13(20-12)14(16(2,3)4)18-15(19)11-8-9-17-10-11/h6-7,11,14,17H,5,8-10H2,1-4H3,(H,18,19). The second kappa shape index (κ2) is 6.00. The van der Waals surface area contributed by atoms with Gasteiger partial charge in [0.05, 0.1) is 12.0 Å². The summed E-state index contributed by atoms with van der Waals surface area (Å²) in [5.41, 5.74) is -0.0788. The van der Waals surface area contributed by atoms with Gasteiger partial charge in [0.2, 0.25) is 5.91 Å². The van der Waals surface area contributed by atoms with Crippen LogP contribution < -0.4 is 10.6 Å². The van der Waals surface area contributed by atoms with Crippen molar-refractivity contribution in [3.8, 4) is 0 Å². The van der Waals surface area contributed by atoms with E-state index in [1.807, 2.05) is 12.1 Å². The quantitative estimate of drug-likeness (QED) is 0.890. The first-order chi connectivity index (χ1) is 9.41. The van der Waals surface area contributed by atoms with E-state index in [4.69, 9.17) is 4.42 Å². The van der Waals surface area contributed by atoms with Gasteiger partial charge in [-0.25, -0.2) is 0 Å². The molecule has 4 nitrogen and oxygen atoms in total. The van der Waals surface area contributed by atoms with E-state index in [2.05, 4.69) is 38.3 Å². The van der Waals surface area contributed by atoms with Gasteiger partial charge in [-0.2, -0.15) is 0 Å². The molecule has 0 radical (unpaired) electrons. The second-order valence-corrected chi connectivity index (χ2v) is 6.65. The average Bonchev–Trinajstić information content (AvgIpc) is 3.04. The zero-order valence-corrected chi connectivity index (χ0v) is 13.0. The Morgan fingerprint density at radius 1 is 1.50 bits per heavy atom. The predicted molar refractivity (Wildman–Crippen MR) is 79.4 cm³/mol. The lowest BCUT2D eigenvalue weighted by Gasteiger charge is -2.30. The third-order valence-corrected chi connectivity index (χ3v) is 3.90. The molecule has 1 aliphatic rings. The molecule has 4 heteroatoms. The van der Waals surface area contributed by atoms with Crippen LogP contribution in [-0.2, 0) is 11.2 Å². The second-order valence-electron chi connectivity index (χ2n) is 6.65. The minimum Gasteiger partial charge on any atom is -0.464 e. The van der Waals surface area contributed by atoms with Crippen LogP contribution in [0.15, 0.2) is 16.5 Å². The van der Waals surface area contributed by atoms with Crippen molar-refractivity contribution in [2.24, 2.45) is 11.3 Å². The molecule has 0 aliphatic carbocycles. The summed E-state index contributed by atoms with van der Waals surface area (Å²) in [6.07, 6.45) is 1.79. The molecule has 112 valence electrons. The van der Waals surface area contributed by atoms with Crippen molar-refractivity contribution in [2.75, 3.05) is 13.1 Å². The molecule has 1 aliphatic heterocycles. The van der Waals surface area contributed by atoms with Crippen molar-refractivity contribution < 1.29 is 9.21 Å². The third-order valence-electron chi connectivity index (χ3n) is 3.90. The highest BCUT2D eigenvalue weighted by molar-refractivity contribution is 5.79. The van der Waals surface area contributed by atoms with Gasteiger partial charge in [0, 0.05) is 13.0 Å². The summed E-state index contributed by atoms with van der Waals surface area (Å²) < 4.78 is 5.85. The maximum atomic E-state index is 12.4. The zero-order valence-electron chi connectivity index (χ0n) is 13.0. The lowest BCUT2D eigenvalue weighted by atomic mass is 9.85. The van der Waals surface area contributed by atoms with E-state index < -0.39 is 0 Å². The molecule has 2 atom stereocenters. The number of rotatable bonds is 4. The Labute approximate surface area is 121 Å². The van der Waals surface area contributed by atoms with Crippen molar-refractivity contribution in [1.82, 2.24) is 10.6 Å². The van der Waals surface area contributed by atoms with Crippen molar-refractivity contribution in [3.63, 3.8) is 0 Å². The van der Waals surface area contributed by atoms with Crippen molar-refractivity contribution >= 4 is 5.91 Å². The molecule has 1 saturated heterocycles. The van der Waals surface area contributed by atoms with Crippen molar-refractivity contribution in [2.45, 2.75) is 46.6 Å². The van der Waals surface area contributed by atoms with Crippen LogP contribution in [-0.4, -0.2) is 19.0 Å². The fraction of sp³-hybridized carbons (Fsp3) is 0.688. The first kappa shape index (κ1) is 15.1. The Morgan fingerprint density at radius 2 is 2.25 bits per heavy atom. The third kappa shape index (κ3) is 3.42. The molecule has 0 aromatic carbocycles. The fourth-order valence-electron chi connectivity index (χ4n) is 2.59. The molecule has 1 aromatic heterocycles. The van der Waals surface area contributed by atoms with Gasteiger partial charge in [0.1, 0.15) is 11.5 Å². The smallest absolute Gasteiger partial charge is 0.225 e. The molecule has 2 rings (SSSR count). The number of aryl methyl sites for hydroxylation is 1. The Hall–Kier alpha value is -1.29. The van der Waals surface area contributed by atoms with Gasteiger partial charge in [-0.15, -0.1) is 0 Å². The number of furan rings is 1. The Balaban J connectivity index is 2.13. The van der Waals surface area contributed by atoms with E-state index in [-0.39, 0.29) is 23.3 Å². The minimum atomic E-state index is -0.0871. The van der Waals surface area contributed by atoms with E-state index in [0.717, 1.165) is 37.5 Å². The van der Waals surface area contributed by atoms with E-state index >= 15 is 0 Å². The molecule has 1 fully saturated rings. The van der Waals surface area contributed by atoms with Gasteiger partial charge >= 0.3 is 0 Å². The highest BCUT2D eigenvalue weighted by Gasteiger charge is 2.33. The molecule has 2 unspecified atom stereocenters. The monoisotopic (exact) mass is 278 g/mol. The number of hydrogen-bond donors (Lipinski definition) is 2. The first-order valence-electron chi connectivity index (χ1n) is 7.51. The van der Waals surface area contributed by atoms with Crippen LogP contribution >= 0.6 is 0 Å². The maximum Gasteiger partial charge on any atom is 0.225 e. The molecule has 2 N–H and O–H groups in total. The summed E-state index contributed by atoms with van der Waals surface area (Å²) in [5, 5.41) is 6.41. The van der Waals surface area contributed by atoms with Crippen molar-refractivity contribution in [3.05, 3.63) is 23.7 Å². The summed E-state index contributed by atoms with van der Waals surface area (Å²) in [6.45, 7) is 10.1. The molecule has 0 saturated carbocycles. The van der Waals surface area contributed by atoms with Gasteiger partial charge in [-0.05, 0) is 30.5 Å². The summed E-state index contributed by atoms with van der Waals surface area (Å²) in [7, 11) is 0. The summed E-state index contributed by atoms with van der Waals surface area (Å²) in [4.78, 5) is 12.4. The molecule has 20 heavy (non-hydrogen) atoms. The summed E-state index contributed by atoms with van der Waals surface area (Å²) in [6, 6.07) is 3.90. The van der Waals surface area contributed by atoms with Crippen LogP contribution in [0.1, 0.15) is 51.7 Å². The van der Waals surface area contributed by atoms with Crippen LogP contribution in [0.25, 0.3) is 0 Å². The number of carbonyl (C=O) groups is 1. The molecule has 0 spiro atoms. The molecular formula is C16H26N2O2. The Bertz CT molecular complexity index is 453. The molecule has 0 bridgehead atoms. The molecular weight excluding hydrogens is 252 g/mol. The summed E-state index contributed by atoms with van der Waals surface area (Å²) in [5.74, 6) is 2.03. The highest BCUT2D eigenvalue weighted by Crippen LogP contribution is 2.34. The van der Waals surface area contributed by atoms with E-state index in [9.17, 15) is 4.79 Å². The predicted octanol–water partition coefficient (Wildman–Crippen LogP) is 2.65. The lowest BCUT2D eigenvalue weighted by molar-refractivity contribution is -0.126. The van der Waals surface area contributed by atoms with Crippen LogP contribution in [0.5, 0.6) is 0 Å². The topological polar surface area (TPSA) is 54.3 Å². The number of amides is 1. The van der Waals surface area contributed by atoms with Gasteiger partial charge in [0.15, 0.2) is 0 Å². The van der Waals surface area contributed by atoms with E-state index in [1.54, 1.807) is 0 Å². The average molecular weight is 278 g/mol. The maximum absolute atomic E-state index is 12.4. The molecule has 1 aromatic rings. The normalized spacial score (nSPS) is 20.9. The lowest BCUT2D eigenvalue weighted by Crippen LogP contribution is -2.40. The van der Waals surface area contributed by atoms with Crippen LogP contribution in [0, 0.1) is 11.3 Å². The minimum absolute atomic E-state index is 0.0788. The Kier molecular flexibility index (Phi) is 4.53. The molecule has 2 heterocycles. The molecule has 1 amide bonds. The zero-order chi connectivity index (χ0) is 14.8. The number of nitrogens with one attached hydrogen (secondary N) is 2. The van der Waals surface area contributed by atoms with Gasteiger partial charge in [-0.3, -0.25) is 4.79 Å². The van der Waals surface area contributed by atoms with Crippen LogP contribution in [0.2, 0.25) is 0 Å². The first-order valence-corrected chi connectivity index (χ1v) is 7.51. The van der Waals surface area contributed by atoms with Gasteiger partial charge < -0.3 is 15.1 Å². The van der Waals surface area contributed by atoms with Crippen LogP contribution in [0.4, 0.5) is 0 Å². The van der Waals surface area contributed by atoms with Crippen LogP contribution in [0.3, 0.4) is 0 Å². The van der Waals surface area contributed by atoms with E-state index in [1.165, 1.54) is 0 Å². The largest absolute Gasteiger partial charge is 0.464 e. The van der Waals surface area contributed by atoms with Gasteiger partial charge in [-0.1, -0.05) is 27.7 Å². The highest BCUT2D eigenvalue weighted by atomic mass is 16.3. The SMILES string of the molecule is CCc1ccc(C(NC(=O)C2CCNC2)C(C)(C)C)o1.